The highest BCUT2D eigenvalue weighted by Crippen LogP contribution is 2.13. The van der Waals surface area contributed by atoms with Gasteiger partial charge in [-0.3, -0.25) is 0 Å². The Morgan fingerprint density at radius 3 is 1.16 bits per heavy atom. The van der Waals surface area contributed by atoms with Crippen molar-refractivity contribution in [1.82, 2.24) is 0 Å². The van der Waals surface area contributed by atoms with Gasteiger partial charge in [0.2, 0.25) is 0 Å². The van der Waals surface area contributed by atoms with E-state index in [0.717, 1.165) is 12.8 Å². The molecule has 0 unspecified atom stereocenters. The first-order valence-electron chi connectivity index (χ1n) is 8.87. The molecule has 0 aliphatic carbocycles. The van der Waals surface area contributed by atoms with Gasteiger partial charge in [-0.05, 0) is 6.42 Å². The fraction of sp³-hybridized carbons (Fsp3) is 0.944. The van der Waals surface area contributed by atoms with Crippen molar-refractivity contribution >= 4 is 0 Å². The number of aliphatic hydroxyl groups excluding tert-OH is 1. The lowest BCUT2D eigenvalue weighted by molar-refractivity contribution is 0.367. The molecule has 0 aromatic heterocycles. The molecule has 0 spiro atoms. The van der Waals surface area contributed by atoms with Crippen LogP contribution in [0.2, 0.25) is 0 Å². The molecule has 0 saturated heterocycles. The number of aliphatic hydroxyl groups is 1. The largest absolute Gasteiger partial charge is 0.390 e. The van der Waals surface area contributed by atoms with Gasteiger partial charge in [-0.2, -0.15) is 0 Å². The summed E-state index contributed by atoms with van der Waals surface area (Å²) in [6.45, 7) is 3.58. The van der Waals surface area contributed by atoms with E-state index in [2.05, 4.69) is 6.92 Å². The van der Waals surface area contributed by atoms with E-state index >= 15 is 0 Å². The normalized spacial score (nSPS) is 11.1. The van der Waals surface area contributed by atoms with E-state index < -0.39 is 0 Å². The molecule has 1 N–H and O–H groups in total. The second kappa shape index (κ2) is 18.0. The molecule has 1 nitrogen and oxygen atoms in total. The molecule has 0 aromatic carbocycles. The van der Waals surface area contributed by atoms with Crippen molar-refractivity contribution in [2.24, 2.45) is 0 Å². The molecule has 19 heavy (non-hydrogen) atoms. The Hall–Kier alpha value is -0.0400. The molecule has 0 aliphatic rings. The highest BCUT2D eigenvalue weighted by atomic mass is 16.2. The average Bonchev–Trinajstić information content (AvgIpc) is 2.43. The summed E-state index contributed by atoms with van der Waals surface area (Å²) in [6, 6.07) is 0. The van der Waals surface area contributed by atoms with Crippen molar-refractivity contribution in [3.8, 4) is 0 Å². The predicted molar refractivity (Wildman–Crippen MR) is 85.8 cm³/mol. The van der Waals surface area contributed by atoms with Crippen molar-refractivity contribution in [2.45, 2.75) is 110 Å². The smallest absolute Gasteiger partial charge is 0.0799 e. The van der Waals surface area contributed by atoms with Crippen LogP contribution in [0.5, 0.6) is 0 Å². The monoisotopic (exact) mass is 269 g/mol. The van der Waals surface area contributed by atoms with Crippen molar-refractivity contribution in [1.29, 1.82) is 0 Å². The summed E-state index contributed by atoms with van der Waals surface area (Å²) in [5, 5.41) is 8.55. The van der Waals surface area contributed by atoms with E-state index in [1.807, 2.05) is 0 Å². The maximum atomic E-state index is 8.55. The molecule has 0 bridgehead atoms. The van der Waals surface area contributed by atoms with Crippen LogP contribution in [0.1, 0.15) is 110 Å². The fourth-order valence-corrected chi connectivity index (χ4v) is 2.61. The highest BCUT2D eigenvalue weighted by Gasteiger charge is 1.94. The molecule has 0 amide bonds. The lowest BCUT2D eigenvalue weighted by Gasteiger charge is -2.03. The highest BCUT2D eigenvalue weighted by molar-refractivity contribution is 4.51. The first kappa shape index (κ1) is 19.0. The van der Waals surface area contributed by atoms with Gasteiger partial charge in [0.25, 0.3) is 0 Å². The summed E-state index contributed by atoms with van der Waals surface area (Å²) in [4.78, 5) is 0. The van der Waals surface area contributed by atoms with Gasteiger partial charge in [0.05, 0.1) is 6.61 Å². The summed E-state index contributed by atoms with van der Waals surface area (Å²) in [5.74, 6) is 0. The number of hydrogen-bond acceptors (Lipinski definition) is 1. The van der Waals surface area contributed by atoms with Crippen LogP contribution in [0.4, 0.5) is 0 Å². The van der Waals surface area contributed by atoms with E-state index in [0.29, 0.717) is 0 Å². The van der Waals surface area contributed by atoms with Crippen LogP contribution < -0.4 is 0 Å². The molecule has 1 heteroatoms. The van der Waals surface area contributed by atoms with E-state index in [1.54, 1.807) is 0 Å². The van der Waals surface area contributed by atoms with E-state index in [1.165, 1.54) is 96.5 Å². The molecule has 0 aromatic rings. The number of unbranched alkanes of at least 4 members (excludes halogenated alkanes) is 15. The molecule has 0 fully saturated rings. The van der Waals surface area contributed by atoms with E-state index in [9.17, 15) is 0 Å². The quantitative estimate of drug-likeness (QED) is 0.306. The Morgan fingerprint density at radius 1 is 0.526 bits per heavy atom. The van der Waals surface area contributed by atoms with E-state index in [4.69, 9.17) is 5.11 Å². The minimum absolute atomic E-state index is 0.873. The van der Waals surface area contributed by atoms with Crippen molar-refractivity contribution in [3.05, 3.63) is 6.61 Å². The fourth-order valence-electron chi connectivity index (χ4n) is 2.61. The van der Waals surface area contributed by atoms with Gasteiger partial charge in [0.15, 0.2) is 0 Å². The SMILES string of the molecule is CCCCCCCCCCCCCCCCC[CH]O. The van der Waals surface area contributed by atoms with Crippen LogP contribution in [-0.2, 0) is 0 Å². The summed E-state index contributed by atoms with van der Waals surface area (Å²) >= 11 is 0. The predicted octanol–water partition coefficient (Wildman–Crippen LogP) is 6.78. The van der Waals surface area contributed by atoms with Crippen molar-refractivity contribution in [2.75, 3.05) is 0 Å². The van der Waals surface area contributed by atoms with Gasteiger partial charge in [0.1, 0.15) is 0 Å². The zero-order chi connectivity index (χ0) is 14.0. The second-order valence-corrected chi connectivity index (χ2v) is 5.92. The third-order valence-corrected chi connectivity index (χ3v) is 3.94. The van der Waals surface area contributed by atoms with Crippen molar-refractivity contribution in [3.63, 3.8) is 0 Å². The molecular formula is C18H37O. The molecule has 1 radical (unpaired) electrons. The summed E-state index contributed by atoms with van der Waals surface area (Å²) in [7, 11) is 0. The minimum atomic E-state index is 0.873. The summed E-state index contributed by atoms with van der Waals surface area (Å²) in [5.41, 5.74) is 0. The van der Waals surface area contributed by atoms with Crippen LogP contribution in [0.25, 0.3) is 0 Å². The molecule has 115 valence electrons. The van der Waals surface area contributed by atoms with Gasteiger partial charge in [-0.25, -0.2) is 0 Å². The Kier molecular flexibility index (Phi) is 17.9. The Balaban J connectivity index is 2.88. The zero-order valence-electron chi connectivity index (χ0n) is 13.3. The molecule has 0 atom stereocenters. The maximum absolute atomic E-state index is 8.55. The molecule has 0 rings (SSSR count). The molecule has 0 aliphatic heterocycles. The first-order valence-corrected chi connectivity index (χ1v) is 8.87. The number of rotatable bonds is 16. The van der Waals surface area contributed by atoms with Gasteiger partial charge in [0, 0.05) is 0 Å². The topological polar surface area (TPSA) is 20.2 Å². The minimum Gasteiger partial charge on any atom is -0.390 e. The molecule has 0 heterocycles. The Morgan fingerprint density at radius 2 is 0.842 bits per heavy atom. The molecular weight excluding hydrogens is 232 g/mol. The molecule has 0 saturated carbocycles. The van der Waals surface area contributed by atoms with Crippen molar-refractivity contribution < 1.29 is 5.11 Å². The van der Waals surface area contributed by atoms with Crippen LogP contribution in [0.15, 0.2) is 0 Å². The van der Waals surface area contributed by atoms with Crippen LogP contribution in [0.3, 0.4) is 0 Å². The van der Waals surface area contributed by atoms with E-state index in [-0.39, 0.29) is 0 Å². The average molecular weight is 269 g/mol. The van der Waals surface area contributed by atoms with Crippen LogP contribution in [-0.4, -0.2) is 5.11 Å². The third kappa shape index (κ3) is 18.0. The lowest BCUT2D eigenvalue weighted by Crippen LogP contribution is -1.83. The summed E-state index contributed by atoms with van der Waals surface area (Å²) in [6.07, 6.45) is 21.9. The third-order valence-electron chi connectivity index (χ3n) is 3.94. The second-order valence-electron chi connectivity index (χ2n) is 5.92. The standard InChI is InChI=1S/C18H37O/c1-2-3-4-5-6-7-8-9-10-11-12-13-14-15-16-17-18-19/h18-19H,2-17H2,1H3. The first-order chi connectivity index (χ1) is 9.41. The number of hydrogen-bond donors (Lipinski definition) is 1. The van der Waals surface area contributed by atoms with Crippen LogP contribution in [0, 0.1) is 6.61 Å². The van der Waals surface area contributed by atoms with Gasteiger partial charge in [-0.1, -0.05) is 103 Å². The maximum Gasteiger partial charge on any atom is 0.0799 e. The zero-order valence-corrected chi connectivity index (χ0v) is 13.3. The Bertz CT molecular complexity index is 129. The summed E-state index contributed by atoms with van der Waals surface area (Å²) < 4.78 is 0. The lowest BCUT2D eigenvalue weighted by atomic mass is 10.0. The van der Waals surface area contributed by atoms with Crippen LogP contribution >= 0.6 is 0 Å². The van der Waals surface area contributed by atoms with Gasteiger partial charge < -0.3 is 5.11 Å². The van der Waals surface area contributed by atoms with Gasteiger partial charge in [-0.15, -0.1) is 0 Å². The Labute approximate surface area is 122 Å². The van der Waals surface area contributed by atoms with Gasteiger partial charge >= 0.3 is 0 Å².